The van der Waals surface area contributed by atoms with E-state index in [1.807, 2.05) is 0 Å². The van der Waals surface area contributed by atoms with Crippen LogP contribution in [0, 0.1) is 11.8 Å². The summed E-state index contributed by atoms with van der Waals surface area (Å²) in [6.45, 7) is 1.04. The van der Waals surface area contributed by atoms with Gasteiger partial charge in [-0.2, -0.15) is 0 Å². The molecule has 0 saturated heterocycles. The highest BCUT2D eigenvalue weighted by atomic mass is 35.5. The molecule has 1 fully saturated rings. The molecule has 5 nitrogen and oxygen atoms in total. The van der Waals surface area contributed by atoms with Gasteiger partial charge in [-0.15, -0.1) is 0 Å². The molecule has 1 aromatic rings. The summed E-state index contributed by atoms with van der Waals surface area (Å²) in [5.74, 6) is -1.07. The van der Waals surface area contributed by atoms with Gasteiger partial charge in [0.25, 0.3) is 0 Å². The zero-order valence-corrected chi connectivity index (χ0v) is 12.5. The van der Waals surface area contributed by atoms with Crippen LogP contribution in [0.5, 0.6) is 5.75 Å². The summed E-state index contributed by atoms with van der Waals surface area (Å²) < 4.78 is 5.54. The third-order valence-electron chi connectivity index (χ3n) is 3.52. The second-order valence-corrected chi connectivity index (χ2v) is 5.64. The molecule has 2 atom stereocenters. The maximum atomic E-state index is 11.9. The number of ether oxygens (including phenoxy) is 1. The second kappa shape index (κ2) is 6.80. The Morgan fingerprint density at radius 3 is 2.57 bits per heavy atom. The SMILES string of the molecule is CN(CCCOc1ccc(Cl)cc1)C(=O)C1CC1C(=O)O. The number of benzene rings is 1. The zero-order chi connectivity index (χ0) is 15.4. The van der Waals surface area contributed by atoms with Crippen LogP contribution >= 0.6 is 11.6 Å². The fourth-order valence-corrected chi connectivity index (χ4v) is 2.28. The van der Waals surface area contributed by atoms with Gasteiger partial charge in [0.2, 0.25) is 5.91 Å². The smallest absolute Gasteiger partial charge is 0.307 e. The highest BCUT2D eigenvalue weighted by Crippen LogP contribution is 2.39. The predicted molar refractivity (Wildman–Crippen MR) is 78.4 cm³/mol. The average Bonchev–Trinajstić information content (AvgIpc) is 3.25. The van der Waals surface area contributed by atoms with Gasteiger partial charge in [0.1, 0.15) is 5.75 Å². The molecule has 0 aliphatic heterocycles. The lowest BCUT2D eigenvalue weighted by molar-refractivity contribution is -0.141. The first-order chi connectivity index (χ1) is 9.99. The van der Waals surface area contributed by atoms with E-state index in [2.05, 4.69) is 0 Å². The molecule has 0 spiro atoms. The first-order valence-electron chi connectivity index (χ1n) is 6.85. The van der Waals surface area contributed by atoms with Gasteiger partial charge >= 0.3 is 5.97 Å². The molecule has 114 valence electrons. The van der Waals surface area contributed by atoms with Gasteiger partial charge < -0.3 is 14.7 Å². The molecule has 1 N–H and O–H groups in total. The molecule has 2 unspecified atom stereocenters. The monoisotopic (exact) mass is 311 g/mol. The van der Waals surface area contributed by atoms with E-state index in [0.717, 1.165) is 5.75 Å². The molecular formula is C15H18ClNO4. The van der Waals surface area contributed by atoms with Crippen LogP contribution in [0.2, 0.25) is 5.02 Å². The van der Waals surface area contributed by atoms with Crippen molar-refractivity contribution in [3.05, 3.63) is 29.3 Å². The van der Waals surface area contributed by atoms with Crippen LogP contribution < -0.4 is 4.74 Å². The zero-order valence-electron chi connectivity index (χ0n) is 11.8. The summed E-state index contributed by atoms with van der Waals surface area (Å²) in [6.07, 6.45) is 1.15. The summed E-state index contributed by atoms with van der Waals surface area (Å²) in [5.41, 5.74) is 0. The van der Waals surface area contributed by atoms with Gasteiger partial charge in [0, 0.05) is 18.6 Å². The van der Waals surface area contributed by atoms with E-state index >= 15 is 0 Å². The highest BCUT2D eigenvalue weighted by Gasteiger charge is 2.49. The number of hydrogen-bond acceptors (Lipinski definition) is 3. The van der Waals surface area contributed by atoms with E-state index in [1.165, 1.54) is 0 Å². The van der Waals surface area contributed by atoms with Crippen LogP contribution in [0.25, 0.3) is 0 Å². The number of rotatable bonds is 7. The van der Waals surface area contributed by atoms with E-state index in [9.17, 15) is 9.59 Å². The standard InChI is InChI=1S/C15H18ClNO4/c1-17(14(18)12-9-13(12)15(19)20)7-2-8-21-11-5-3-10(16)4-6-11/h3-6,12-13H,2,7-9H2,1H3,(H,19,20). The fraction of sp³-hybridized carbons (Fsp3) is 0.467. The summed E-state index contributed by atoms with van der Waals surface area (Å²) in [6, 6.07) is 7.09. The predicted octanol–water partition coefficient (Wildman–Crippen LogP) is 2.29. The first-order valence-corrected chi connectivity index (χ1v) is 7.23. The van der Waals surface area contributed by atoms with Gasteiger partial charge in [-0.25, -0.2) is 0 Å². The second-order valence-electron chi connectivity index (χ2n) is 5.20. The summed E-state index contributed by atoms with van der Waals surface area (Å²) in [5, 5.41) is 9.47. The molecule has 1 aliphatic rings. The van der Waals surface area contributed by atoms with E-state index in [1.54, 1.807) is 36.2 Å². The molecule has 1 saturated carbocycles. The average molecular weight is 312 g/mol. The van der Waals surface area contributed by atoms with Crippen molar-refractivity contribution in [2.75, 3.05) is 20.2 Å². The maximum Gasteiger partial charge on any atom is 0.307 e. The summed E-state index contributed by atoms with van der Waals surface area (Å²) >= 11 is 5.78. The minimum Gasteiger partial charge on any atom is -0.494 e. The van der Waals surface area contributed by atoms with Gasteiger partial charge in [-0.05, 0) is 37.1 Å². The number of hydrogen-bond donors (Lipinski definition) is 1. The van der Waals surface area contributed by atoms with Gasteiger partial charge in [0.05, 0.1) is 18.4 Å². The van der Waals surface area contributed by atoms with Gasteiger partial charge in [-0.3, -0.25) is 9.59 Å². The molecule has 0 radical (unpaired) electrons. The number of carbonyl (C=O) groups is 2. The van der Waals surface area contributed by atoms with Crippen molar-refractivity contribution in [3.63, 3.8) is 0 Å². The van der Waals surface area contributed by atoms with Crippen molar-refractivity contribution in [1.29, 1.82) is 0 Å². The Bertz CT molecular complexity index is 517. The number of halogens is 1. The molecule has 6 heteroatoms. The normalized spacial score (nSPS) is 19.9. The Kier molecular flexibility index (Phi) is 5.07. The van der Waals surface area contributed by atoms with Crippen molar-refractivity contribution < 1.29 is 19.4 Å². The molecule has 2 rings (SSSR count). The van der Waals surface area contributed by atoms with E-state index in [0.29, 0.717) is 31.0 Å². The minimum absolute atomic E-state index is 0.0890. The lowest BCUT2D eigenvalue weighted by Crippen LogP contribution is -2.31. The Morgan fingerprint density at radius 1 is 1.33 bits per heavy atom. The van der Waals surface area contributed by atoms with Gasteiger partial charge in [-0.1, -0.05) is 11.6 Å². The van der Waals surface area contributed by atoms with Crippen molar-refractivity contribution in [2.45, 2.75) is 12.8 Å². The van der Waals surface area contributed by atoms with Crippen LogP contribution in [-0.4, -0.2) is 42.1 Å². The van der Waals surface area contributed by atoms with E-state index < -0.39 is 11.9 Å². The maximum absolute atomic E-state index is 11.9. The van der Waals surface area contributed by atoms with Crippen LogP contribution in [0.3, 0.4) is 0 Å². The Hall–Kier alpha value is -1.75. The Labute approximate surface area is 128 Å². The quantitative estimate of drug-likeness (QED) is 0.785. The Morgan fingerprint density at radius 2 is 2.00 bits per heavy atom. The number of carboxylic acid groups (broad SMARTS) is 1. The number of amides is 1. The molecule has 1 aromatic carbocycles. The van der Waals surface area contributed by atoms with Crippen LogP contribution in [0.15, 0.2) is 24.3 Å². The molecule has 1 aliphatic carbocycles. The number of nitrogens with zero attached hydrogens (tertiary/aromatic N) is 1. The lowest BCUT2D eigenvalue weighted by atomic mass is 10.2. The molecule has 21 heavy (non-hydrogen) atoms. The first kappa shape index (κ1) is 15.6. The van der Waals surface area contributed by atoms with Gasteiger partial charge in [0.15, 0.2) is 0 Å². The summed E-state index contributed by atoms with van der Waals surface area (Å²) in [7, 11) is 1.70. The number of carbonyl (C=O) groups excluding carboxylic acids is 1. The molecular weight excluding hydrogens is 294 g/mol. The number of aliphatic carboxylic acids is 1. The van der Waals surface area contributed by atoms with Crippen molar-refractivity contribution in [2.24, 2.45) is 11.8 Å². The van der Waals surface area contributed by atoms with Crippen molar-refractivity contribution in [1.82, 2.24) is 4.90 Å². The van der Waals surface area contributed by atoms with Crippen LogP contribution in [-0.2, 0) is 9.59 Å². The van der Waals surface area contributed by atoms with Crippen LogP contribution in [0.1, 0.15) is 12.8 Å². The third-order valence-corrected chi connectivity index (χ3v) is 3.77. The highest BCUT2D eigenvalue weighted by molar-refractivity contribution is 6.30. The topological polar surface area (TPSA) is 66.8 Å². The minimum atomic E-state index is -0.882. The molecule has 0 aromatic heterocycles. The third kappa shape index (κ3) is 4.36. The van der Waals surface area contributed by atoms with E-state index in [4.69, 9.17) is 21.4 Å². The van der Waals surface area contributed by atoms with E-state index in [-0.39, 0.29) is 11.8 Å². The summed E-state index contributed by atoms with van der Waals surface area (Å²) in [4.78, 5) is 24.3. The van der Waals surface area contributed by atoms with Crippen molar-refractivity contribution in [3.8, 4) is 5.75 Å². The fourth-order valence-electron chi connectivity index (χ4n) is 2.16. The molecule has 1 amide bonds. The van der Waals surface area contributed by atoms with Crippen molar-refractivity contribution >= 4 is 23.5 Å². The number of carboxylic acids is 1. The largest absolute Gasteiger partial charge is 0.494 e. The molecule has 0 heterocycles. The van der Waals surface area contributed by atoms with Crippen LogP contribution in [0.4, 0.5) is 0 Å². The Balaban J connectivity index is 1.65. The lowest BCUT2D eigenvalue weighted by Gasteiger charge is -2.17. The molecule has 0 bridgehead atoms.